The van der Waals surface area contributed by atoms with Gasteiger partial charge in [-0.15, -0.1) is 0 Å². The van der Waals surface area contributed by atoms with Gasteiger partial charge in [0.15, 0.2) is 10.8 Å². The van der Waals surface area contributed by atoms with Crippen molar-refractivity contribution in [1.29, 1.82) is 0 Å². The van der Waals surface area contributed by atoms with Gasteiger partial charge < -0.3 is 20.4 Å². The molecule has 0 aliphatic rings. The van der Waals surface area contributed by atoms with Crippen LogP contribution in [0.15, 0.2) is 0 Å². The Kier molecular flexibility index (Phi) is 38.4. The number of aliphatic carboxylic acids is 4. The van der Waals surface area contributed by atoms with Gasteiger partial charge in [-0.2, -0.15) is 0 Å². The molecular weight excluding hydrogens is 572 g/mol. The maximum Gasteiger partial charge on any atom is 0.321 e. The minimum Gasteiger partial charge on any atom is -0.480 e. The Bertz CT molecular complexity index is 669. The molecule has 0 aromatic rings. The van der Waals surface area contributed by atoms with Gasteiger partial charge in [-0.1, -0.05) is 177 Å². The minimum absolute atomic E-state index is 0.146. The van der Waals surface area contributed by atoms with Crippen molar-refractivity contribution < 1.29 is 39.6 Å². The third kappa shape index (κ3) is 25.7. The van der Waals surface area contributed by atoms with Gasteiger partial charge in [0.2, 0.25) is 0 Å². The average molecular weight is 647 g/mol. The lowest BCUT2D eigenvalue weighted by molar-refractivity contribution is -0.167. The van der Waals surface area contributed by atoms with E-state index in [1.165, 1.54) is 77.0 Å². The molecule has 0 aromatic heterocycles. The van der Waals surface area contributed by atoms with Gasteiger partial charge in [-0.3, -0.25) is 19.2 Å². The van der Waals surface area contributed by atoms with Gasteiger partial charge in [-0.05, 0) is 25.7 Å². The van der Waals surface area contributed by atoms with Gasteiger partial charge >= 0.3 is 23.9 Å². The molecule has 0 spiro atoms. The van der Waals surface area contributed by atoms with Crippen LogP contribution in [0.5, 0.6) is 0 Å². The number of rotatable bonds is 25. The Morgan fingerprint density at radius 2 is 0.533 bits per heavy atom. The van der Waals surface area contributed by atoms with Gasteiger partial charge in [0.25, 0.3) is 0 Å². The maximum absolute atomic E-state index is 11.2. The molecule has 0 radical (unpaired) electrons. The highest BCUT2D eigenvalue weighted by Crippen LogP contribution is 2.31. The Morgan fingerprint density at radius 1 is 0.333 bits per heavy atom. The summed E-state index contributed by atoms with van der Waals surface area (Å²) in [6.07, 6.45) is 22.4. The molecule has 0 saturated carbocycles. The van der Waals surface area contributed by atoms with Gasteiger partial charge in [0.05, 0.1) is 0 Å². The SMILES string of the molecule is CCCC.CCCC.CCCCCCCCCC(CC)(C(=O)O)C(=O)O.CCCCCCCCCCC(CC)(C(=O)O)C(=O)O. The fourth-order valence-corrected chi connectivity index (χ4v) is 4.51. The summed E-state index contributed by atoms with van der Waals surface area (Å²) in [5.74, 6) is -4.82. The maximum atomic E-state index is 11.2. The minimum atomic E-state index is -1.58. The summed E-state index contributed by atoms with van der Waals surface area (Å²) in [7, 11) is 0. The highest BCUT2D eigenvalue weighted by Gasteiger charge is 2.44. The molecule has 0 saturated heterocycles. The second kappa shape index (κ2) is 34.7. The molecule has 0 fully saturated rings. The van der Waals surface area contributed by atoms with Crippen molar-refractivity contribution in [2.75, 3.05) is 0 Å². The van der Waals surface area contributed by atoms with E-state index in [4.69, 9.17) is 20.4 Å². The first kappa shape index (κ1) is 49.8. The van der Waals surface area contributed by atoms with Crippen LogP contribution in [0.3, 0.4) is 0 Å². The summed E-state index contributed by atoms with van der Waals surface area (Å²) in [4.78, 5) is 44.5. The van der Waals surface area contributed by atoms with Crippen molar-refractivity contribution in [3.8, 4) is 0 Å². The van der Waals surface area contributed by atoms with Crippen LogP contribution in [0.4, 0.5) is 0 Å². The van der Waals surface area contributed by atoms with Crippen LogP contribution < -0.4 is 0 Å². The van der Waals surface area contributed by atoms with E-state index in [9.17, 15) is 19.2 Å². The number of hydrogen-bond donors (Lipinski definition) is 4. The van der Waals surface area contributed by atoms with E-state index >= 15 is 0 Å². The van der Waals surface area contributed by atoms with Crippen LogP contribution in [0.2, 0.25) is 0 Å². The molecule has 0 heterocycles. The lowest BCUT2D eigenvalue weighted by atomic mass is 9.80. The van der Waals surface area contributed by atoms with Crippen LogP contribution >= 0.6 is 0 Å². The second-order valence-corrected chi connectivity index (χ2v) is 12.2. The average Bonchev–Trinajstić information content (AvgIpc) is 3.01. The first-order valence-corrected chi connectivity index (χ1v) is 18.3. The van der Waals surface area contributed by atoms with Crippen LogP contribution in [-0.2, 0) is 19.2 Å². The molecule has 0 amide bonds. The number of carboxylic acid groups (broad SMARTS) is 4. The third-order valence-electron chi connectivity index (χ3n) is 8.51. The Hall–Kier alpha value is -2.12. The summed E-state index contributed by atoms with van der Waals surface area (Å²) in [5.41, 5.74) is -3.16. The molecular formula is C37H74O8. The molecule has 45 heavy (non-hydrogen) atoms. The Balaban J connectivity index is -0.000000301. The topological polar surface area (TPSA) is 149 Å². The summed E-state index contributed by atoms with van der Waals surface area (Å²) < 4.78 is 0. The van der Waals surface area contributed by atoms with E-state index in [0.717, 1.165) is 32.1 Å². The lowest BCUT2D eigenvalue weighted by Crippen LogP contribution is -2.38. The van der Waals surface area contributed by atoms with Crippen molar-refractivity contribution >= 4 is 23.9 Å². The van der Waals surface area contributed by atoms with Crippen molar-refractivity contribution in [3.63, 3.8) is 0 Å². The normalized spacial score (nSPS) is 10.8. The van der Waals surface area contributed by atoms with Crippen LogP contribution in [0, 0.1) is 10.8 Å². The van der Waals surface area contributed by atoms with Crippen molar-refractivity contribution in [2.45, 2.75) is 203 Å². The van der Waals surface area contributed by atoms with Gasteiger partial charge in [-0.25, -0.2) is 0 Å². The molecule has 0 rings (SSSR count). The lowest BCUT2D eigenvalue weighted by Gasteiger charge is -2.22. The van der Waals surface area contributed by atoms with E-state index < -0.39 is 34.7 Å². The van der Waals surface area contributed by atoms with Gasteiger partial charge in [0.1, 0.15) is 0 Å². The summed E-state index contributed by atoms with van der Waals surface area (Å²) in [5, 5.41) is 36.4. The summed E-state index contributed by atoms with van der Waals surface area (Å²) in [6, 6.07) is 0. The molecule has 8 heteroatoms. The van der Waals surface area contributed by atoms with E-state index in [2.05, 4.69) is 41.5 Å². The fraction of sp³-hybridized carbons (Fsp3) is 0.892. The van der Waals surface area contributed by atoms with E-state index in [1.807, 2.05) is 0 Å². The predicted molar refractivity (Wildman–Crippen MR) is 187 cm³/mol. The predicted octanol–water partition coefficient (Wildman–Crippen LogP) is 11.4. The molecule has 0 aliphatic carbocycles. The second-order valence-electron chi connectivity index (χ2n) is 12.2. The molecule has 270 valence electrons. The number of hydrogen-bond acceptors (Lipinski definition) is 4. The fourth-order valence-electron chi connectivity index (χ4n) is 4.51. The highest BCUT2D eigenvalue weighted by molar-refractivity contribution is 5.98. The zero-order valence-corrected chi connectivity index (χ0v) is 30.7. The Morgan fingerprint density at radius 3 is 0.689 bits per heavy atom. The third-order valence-corrected chi connectivity index (χ3v) is 8.51. The molecule has 8 nitrogen and oxygen atoms in total. The van der Waals surface area contributed by atoms with Gasteiger partial charge in [0, 0.05) is 0 Å². The molecule has 0 bridgehead atoms. The molecule has 0 atom stereocenters. The van der Waals surface area contributed by atoms with E-state index in [1.54, 1.807) is 13.8 Å². The summed E-state index contributed by atoms with van der Waals surface area (Å²) >= 11 is 0. The van der Waals surface area contributed by atoms with E-state index in [-0.39, 0.29) is 25.7 Å². The number of carbonyl (C=O) groups is 4. The summed E-state index contributed by atoms with van der Waals surface area (Å²) in [6.45, 7) is 16.3. The van der Waals surface area contributed by atoms with Crippen LogP contribution in [-0.4, -0.2) is 44.3 Å². The number of unbranched alkanes of at least 4 members (excludes halogenated alkanes) is 15. The smallest absolute Gasteiger partial charge is 0.321 e. The monoisotopic (exact) mass is 647 g/mol. The standard InChI is InChI=1S/C15H28O4.C14H26O4.2C4H10/c1-3-5-6-7-8-9-10-11-12-15(4-2,13(16)17)14(18)19;1-3-5-6-7-8-9-10-11-14(4-2,12(15)16)13(17)18;2*1-3-4-2/h3-12H2,1-2H3,(H,16,17)(H,18,19);3-11H2,1-2H3,(H,15,16)(H,17,18);2*3-4H2,1-2H3. The van der Waals surface area contributed by atoms with Crippen LogP contribution in [0.1, 0.15) is 203 Å². The largest absolute Gasteiger partial charge is 0.480 e. The molecule has 0 aromatic carbocycles. The van der Waals surface area contributed by atoms with Crippen molar-refractivity contribution in [2.24, 2.45) is 10.8 Å². The highest BCUT2D eigenvalue weighted by atomic mass is 16.4. The first-order valence-electron chi connectivity index (χ1n) is 18.3. The molecule has 0 unspecified atom stereocenters. The number of carboxylic acids is 4. The van der Waals surface area contributed by atoms with E-state index in [0.29, 0.717) is 12.8 Å². The van der Waals surface area contributed by atoms with Crippen LogP contribution in [0.25, 0.3) is 0 Å². The molecule has 0 aliphatic heterocycles. The zero-order valence-electron chi connectivity index (χ0n) is 30.7. The molecule has 4 N–H and O–H groups in total. The Labute approximate surface area is 277 Å². The zero-order chi connectivity index (χ0) is 35.6. The van der Waals surface area contributed by atoms with Crippen molar-refractivity contribution in [3.05, 3.63) is 0 Å². The first-order chi connectivity index (χ1) is 21.3. The quantitative estimate of drug-likeness (QED) is 0.0565. The van der Waals surface area contributed by atoms with Crippen molar-refractivity contribution in [1.82, 2.24) is 0 Å².